The van der Waals surface area contributed by atoms with Crippen LogP contribution in [0.5, 0.6) is 0 Å². The third kappa shape index (κ3) is 2.82. The fraction of sp³-hybridized carbons (Fsp3) is 0.222. The van der Waals surface area contributed by atoms with Crippen molar-refractivity contribution < 1.29 is 4.42 Å². The van der Waals surface area contributed by atoms with Crippen LogP contribution in [0.25, 0.3) is 44.0 Å². The minimum Gasteiger partial charge on any atom is -0.455 e. The number of para-hydroxylation sites is 1. The Balaban J connectivity index is 1.53. The number of nitrogens with zero attached hydrogens (tertiary/aromatic N) is 1. The zero-order valence-electron chi connectivity index (χ0n) is 16.4. The van der Waals surface area contributed by atoms with Crippen LogP contribution in [0.2, 0.25) is 0 Å². The summed E-state index contributed by atoms with van der Waals surface area (Å²) in [5.41, 5.74) is 5.40. The van der Waals surface area contributed by atoms with Crippen LogP contribution >= 0.6 is 0 Å². The average Bonchev–Trinajstić information content (AvgIpc) is 3.16. The molecule has 142 valence electrons. The molecule has 0 amide bonds. The molecule has 0 atom stereocenters. The Hall–Kier alpha value is -3.13. The maximum Gasteiger partial charge on any atom is 0.144 e. The summed E-state index contributed by atoms with van der Waals surface area (Å²) in [5.74, 6) is 0.672. The Morgan fingerprint density at radius 2 is 1.59 bits per heavy atom. The van der Waals surface area contributed by atoms with Gasteiger partial charge in [0.15, 0.2) is 0 Å². The molecule has 0 aliphatic heterocycles. The van der Waals surface area contributed by atoms with Gasteiger partial charge < -0.3 is 4.42 Å². The summed E-state index contributed by atoms with van der Waals surface area (Å²) in [5, 5.41) is 4.78. The van der Waals surface area contributed by atoms with Gasteiger partial charge in [-0.1, -0.05) is 55.7 Å². The zero-order chi connectivity index (χ0) is 19.2. The standard InChI is InChI=1S/C27H23NO/c1-2-7-18(8-3-1)21-13-14-28-25(16-21)23-12-6-11-22-24-15-19-9-4-5-10-20(19)17-26(24)29-27(22)23/h4-6,9-18H,1-3,7-8H2. The lowest BCUT2D eigenvalue weighted by Crippen LogP contribution is -2.04. The molecule has 5 aromatic rings. The molecule has 3 aromatic carbocycles. The van der Waals surface area contributed by atoms with Crippen molar-refractivity contribution in [2.45, 2.75) is 38.0 Å². The minimum absolute atomic E-state index is 0.672. The molecule has 2 heterocycles. The minimum atomic E-state index is 0.672. The molecule has 29 heavy (non-hydrogen) atoms. The Morgan fingerprint density at radius 1 is 0.759 bits per heavy atom. The quantitative estimate of drug-likeness (QED) is 0.313. The highest BCUT2D eigenvalue weighted by atomic mass is 16.3. The van der Waals surface area contributed by atoms with Gasteiger partial charge in [0, 0.05) is 22.5 Å². The fourth-order valence-corrected chi connectivity index (χ4v) is 4.97. The van der Waals surface area contributed by atoms with Crippen LogP contribution in [-0.2, 0) is 0 Å². The predicted octanol–water partition coefficient (Wildman–Crippen LogP) is 7.85. The van der Waals surface area contributed by atoms with Crippen LogP contribution in [0.3, 0.4) is 0 Å². The third-order valence-electron chi connectivity index (χ3n) is 6.50. The van der Waals surface area contributed by atoms with Gasteiger partial charge in [0.2, 0.25) is 0 Å². The van der Waals surface area contributed by atoms with Crippen molar-refractivity contribution in [2.24, 2.45) is 0 Å². The lowest BCUT2D eigenvalue weighted by molar-refractivity contribution is 0.443. The summed E-state index contributed by atoms with van der Waals surface area (Å²) in [7, 11) is 0. The highest BCUT2D eigenvalue weighted by molar-refractivity contribution is 6.13. The van der Waals surface area contributed by atoms with Crippen molar-refractivity contribution in [2.75, 3.05) is 0 Å². The van der Waals surface area contributed by atoms with Gasteiger partial charge in [-0.3, -0.25) is 4.98 Å². The average molecular weight is 377 g/mol. The molecule has 6 rings (SSSR count). The Bertz CT molecular complexity index is 1340. The van der Waals surface area contributed by atoms with E-state index >= 15 is 0 Å². The SMILES string of the molecule is c1ccc2cc3c(cc2c1)oc1c(-c2cc(C4CCCCC4)ccn2)cccc13. The second-order valence-electron chi connectivity index (χ2n) is 8.29. The molecule has 1 aliphatic rings. The molecule has 1 aliphatic carbocycles. The van der Waals surface area contributed by atoms with Gasteiger partial charge in [0.05, 0.1) is 5.69 Å². The maximum atomic E-state index is 6.39. The van der Waals surface area contributed by atoms with Gasteiger partial charge in [-0.05, 0) is 65.4 Å². The first-order chi connectivity index (χ1) is 14.4. The third-order valence-corrected chi connectivity index (χ3v) is 6.50. The number of hydrogen-bond donors (Lipinski definition) is 0. The van der Waals surface area contributed by atoms with Gasteiger partial charge in [0.25, 0.3) is 0 Å². The summed E-state index contributed by atoms with van der Waals surface area (Å²) < 4.78 is 6.39. The predicted molar refractivity (Wildman–Crippen MR) is 120 cm³/mol. The summed E-state index contributed by atoms with van der Waals surface area (Å²) in [4.78, 5) is 4.72. The van der Waals surface area contributed by atoms with Gasteiger partial charge in [-0.15, -0.1) is 0 Å². The number of hydrogen-bond acceptors (Lipinski definition) is 2. The molecule has 2 aromatic heterocycles. The lowest BCUT2D eigenvalue weighted by atomic mass is 9.84. The van der Waals surface area contributed by atoms with E-state index in [-0.39, 0.29) is 0 Å². The number of rotatable bonds is 2. The lowest BCUT2D eigenvalue weighted by Gasteiger charge is -2.22. The fourth-order valence-electron chi connectivity index (χ4n) is 4.97. The normalized spacial score (nSPS) is 15.4. The largest absolute Gasteiger partial charge is 0.455 e. The Labute approximate surface area is 170 Å². The summed E-state index contributed by atoms with van der Waals surface area (Å²) in [6, 6.07) is 23.8. The van der Waals surface area contributed by atoms with Crippen LogP contribution in [0.4, 0.5) is 0 Å². The number of furan rings is 1. The van der Waals surface area contributed by atoms with E-state index in [9.17, 15) is 0 Å². The van der Waals surface area contributed by atoms with E-state index < -0.39 is 0 Å². The number of benzene rings is 3. The highest BCUT2D eigenvalue weighted by Gasteiger charge is 2.18. The summed E-state index contributed by atoms with van der Waals surface area (Å²) in [6.45, 7) is 0. The smallest absolute Gasteiger partial charge is 0.144 e. The Morgan fingerprint density at radius 3 is 2.45 bits per heavy atom. The van der Waals surface area contributed by atoms with Crippen molar-refractivity contribution in [3.05, 3.63) is 78.5 Å². The summed E-state index contributed by atoms with van der Waals surface area (Å²) in [6.07, 6.45) is 8.62. The van der Waals surface area contributed by atoms with E-state index in [0.29, 0.717) is 5.92 Å². The molecule has 2 nitrogen and oxygen atoms in total. The number of aromatic nitrogens is 1. The van der Waals surface area contributed by atoms with Crippen molar-refractivity contribution in [3.8, 4) is 11.3 Å². The highest BCUT2D eigenvalue weighted by Crippen LogP contribution is 2.38. The van der Waals surface area contributed by atoms with E-state index in [2.05, 4.69) is 66.7 Å². The maximum absolute atomic E-state index is 6.39. The second-order valence-corrected chi connectivity index (χ2v) is 8.29. The van der Waals surface area contributed by atoms with E-state index in [1.165, 1.54) is 53.8 Å². The van der Waals surface area contributed by atoms with E-state index in [4.69, 9.17) is 9.40 Å². The topological polar surface area (TPSA) is 26.0 Å². The van der Waals surface area contributed by atoms with Crippen LogP contribution in [0.1, 0.15) is 43.6 Å². The first kappa shape index (κ1) is 16.8. The molecule has 1 saturated carbocycles. The van der Waals surface area contributed by atoms with Gasteiger partial charge in [-0.25, -0.2) is 0 Å². The first-order valence-electron chi connectivity index (χ1n) is 10.7. The molecule has 0 spiro atoms. The van der Waals surface area contributed by atoms with Gasteiger partial charge >= 0.3 is 0 Å². The van der Waals surface area contributed by atoms with Crippen molar-refractivity contribution >= 4 is 32.7 Å². The molecule has 0 saturated heterocycles. The van der Waals surface area contributed by atoms with Crippen molar-refractivity contribution in [3.63, 3.8) is 0 Å². The van der Waals surface area contributed by atoms with Gasteiger partial charge in [0.1, 0.15) is 11.2 Å². The molecular formula is C27H23NO. The monoisotopic (exact) mass is 377 g/mol. The number of fused-ring (bicyclic) bond motifs is 4. The van der Waals surface area contributed by atoms with Crippen molar-refractivity contribution in [1.82, 2.24) is 4.98 Å². The van der Waals surface area contributed by atoms with E-state index in [1.54, 1.807) is 0 Å². The van der Waals surface area contributed by atoms with Gasteiger partial charge in [-0.2, -0.15) is 0 Å². The number of pyridine rings is 1. The zero-order valence-corrected chi connectivity index (χ0v) is 16.4. The molecule has 0 radical (unpaired) electrons. The molecule has 0 bridgehead atoms. The molecule has 0 unspecified atom stereocenters. The molecule has 0 N–H and O–H groups in total. The van der Waals surface area contributed by atoms with Crippen LogP contribution < -0.4 is 0 Å². The molecular weight excluding hydrogens is 354 g/mol. The second kappa shape index (κ2) is 6.73. The van der Waals surface area contributed by atoms with E-state index in [1.807, 2.05) is 6.20 Å². The first-order valence-corrected chi connectivity index (χ1v) is 10.7. The van der Waals surface area contributed by atoms with E-state index in [0.717, 1.165) is 27.8 Å². The van der Waals surface area contributed by atoms with Crippen LogP contribution in [0.15, 0.2) is 77.3 Å². The van der Waals surface area contributed by atoms with Crippen molar-refractivity contribution in [1.29, 1.82) is 0 Å². The molecule has 2 heteroatoms. The van der Waals surface area contributed by atoms with Crippen LogP contribution in [0, 0.1) is 0 Å². The van der Waals surface area contributed by atoms with Crippen LogP contribution in [-0.4, -0.2) is 4.98 Å². The molecule has 1 fully saturated rings. The summed E-state index contributed by atoms with van der Waals surface area (Å²) >= 11 is 0. The Kier molecular flexibility index (Phi) is 3.90.